The number of carbonyl (C=O) groups is 2. The monoisotopic (exact) mass is 696 g/mol. The number of benzene rings is 3. The van der Waals surface area contributed by atoms with Gasteiger partial charge in [-0.2, -0.15) is 0 Å². The highest BCUT2D eigenvalue weighted by atomic mass is 32.1. The number of carboxylic acid groups (broad SMARTS) is 1. The van der Waals surface area contributed by atoms with Crippen LogP contribution < -0.4 is 9.80 Å². The summed E-state index contributed by atoms with van der Waals surface area (Å²) in [6, 6.07) is 24.1. The summed E-state index contributed by atoms with van der Waals surface area (Å²) in [7, 11) is 2.22. The average molecular weight is 697 g/mol. The zero-order chi connectivity index (χ0) is 34.9. The van der Waals surface area contributed by atoms with Gasteiger partial charge in [0.15, 0.2) is 11.5 Å². The van der Waals surface area contributed by atoms with Crippen molar-refractivity contribution in [3.8, 4) is 11.1 Å². The molecule has 5 aliphatic rings. The highest BCUT2D eigenvalue weighted by Gasteiger charge is 2.51. The van der Waals surface area contributed by atoms with E-state index in [2.05, 4.69) is 42.0 Å². The van der Waals surface area contributed by atoms with E-state index in [1.54, 1.807) is 11.3 Å². The Labute approximate surface area is 303 Å². The van der Waals surface area contributed by atoms with Gasteiger partial charge in [-0.05, 0) is 128 Å². The molecule has 0 unspecified atom stereocenters. The predicted octanol–water partition coefficient (Wildman–Crippen LogP) is 9.01. The second kappa shape index (κ2) is 12.6. The van der Waals surface area contributed by atoms with Crippen LogP contribution in [-0.4, -0.2) is 47.0 Å². The molecule has 0 amide bonds. The third-order valence-corrected chi connectivity index (χ3v) is 13.4. The minimum atomic E-state index is -1.04. The van der Waals surface area contributed by atoms with Crippen molar-refractivity contribution in [3.63, 3.8) is 0 Å². The fourth-order valence-electron chi connectivity index (χ4n) is 10.7. The van der Waals surface area contributed by atoms with Gasteiger partial charge in [0.05, 0.1) is 16.6 Å². The molecule has 51 heavy (non-hydrogen) atoms. The zero-order valence-corrected chi connectivity index (χ0v) is 30.2. The van der Waals surface area contributed by atoms with Gasteiger partial charge in [0.2, 0.25) is 0 Å². The lowest BCUT2D eigenvalue weighted by Crippen LogP contribution is -2.50. The number of fused-ring (bicyclic) bond motifs is 2. The molecular formula is C43H44N4O3S. The van der Waals surface area contributed by atoms with E-state index in [9.17, 15) is 14.7 Å². The first kappa shape index (κ1) is 32.4. The van der Waals surface area contributed by atoms with Gasteiger partial charge in [-0.15, -0.1) is 11.3 Å². The van der Waals surface area contributed by atoms with Crippen LogP contribution in [0.2, 0.25) is 0 Å². The van der Waals surface area contributed by atoms with Gasteiger partial charge >= 0.3 is 5.97 Å². The number of pyridine rings is 1. The van der Waals surface area contributed by atoms with Crippen molar-refractivity contribution >= 4 is 44.8 Å². The summed E-state index contributed by atoms with van der Waals surface area (Å²) in [4.78, 5) is 40.5. The SMILES string of the molecule is Cc1c(-c2ccc(N3CCc4cccc(C(=O)Cc5nc6ccccc6s5)c4C3)nc2C(=O)O)cccc1N(C)CC12CC3CC(CC(C3)C1)C2. The third kappa shape index (κ3) is 5.91. The van der Waals surface area contributed by atoms with Crippen molar-refractivity contribution in [2.24, 2.45) is 23.2 Å². The summed E-state index contributed by atoms with van der Waals surface area (Å²) < 4.78 is 1.08. The van der Waals surface area contributed by atoms with Gasteiger partial charge in [0.1, 0.15) is 10.8 Å². The number of ketones is 1. The minimum absolute atomic E-state index is 0.0470. The topological polar surface area (TPSA) is 86.6 Å². The van der Waals surface area contributed by atoms with E-state index < -0.39 is 5.97 Å². The lowest BCUT2D eigenvalue weighted by molar-refractivity contribution is -0.0472. The van der Waals surface area contributed by atoms with E-state index in [1.807, 2.05) is 54.6 Å². The summed E-state index contributed by atoms with van der Waals surface area (Å²) in [6.45, 7) is 4.36. The summed E-state index contributed by atoms with van der Waals surface area (Å²) in [5.74, 6) is 2.34. The molecule has 0 radical (unpaired) electrons. The van der Waals surface area contributed by atoms with Crippen LogP contribution in [0.15, 0.2) is 72.8 Å². The van der Waals surface area contributed by atoms with Crippen LogP contribution in [0.1, 0.15) is 81.1 Å². The van der Waals surface area contributed by atoms with Crippen LogP contribution in [0.25, 0.3) is 21.3 Å². The number of aromatic carboxylic acids is 1. The maximum absolute atomic E-state index is 13.7. The van der Waals surface area contributed by atoms with Gasteiger partial charge in [-0.3, -0.25) is 4.79 Å². The smallest absolute Gasteiger partial charge is 0.355 e. The maximum atomic E-state index is 13.7. The maximum Gasteiger partial charge on any atom is 0.355 e. The number of thiazole rings is 1. The number of carbonyl (C=O) groups excluding carboxylic acids is 1. The molecule has 4 bridgehead atoms. The van der Waals surface area contributed by atoms with Crippen LogP contribution >= 0.6 is 11.3 Å². The summed E-state index contributed by atoms with van der Waals surface area (Å²) in [5.41, 5.74) is 8.04. The van der Waals surface area contributed by atoms with Gasteiger partial charge in [-0.25, -0.2) is 14.8 Å². The van der Waals surface area contributed by atoms with Crippen LogP contribution in [0.3, 0.4) is 0 Å². The molecule has 4 saturated carbocycles. The normalized spacial score (nSPS) is 23.4. The molecule has 4 aliphatic carbocycles. The fourth-order valence-corrected chi connectivity index (χ4v) is 11.6. The van der Waals surface area contributed by atoms with E-state index in [-0.39, 0.29) is 17.9 Å². The van der Waals surface area contributed by atoms with Gasteiger partial charge in [0.25, 0.3) is 0 Å². The molecule has 260 valence electrons. The van der Waals surface area contributed by atoms with Gasteiger partial charge in [-0.1, -0.05) is 42.5 Å². The van der Waals surface area contributed by atoms with Crippen LogP contribution in [0, 0.1) is 30.1 Å². The molecule has 0 atom stereocenters. The third-order valence-electron chi connectivity index (χ3n) is 12.4. The van der Waals surface area contributed by atoms with Crippen LogP contribution in [-0.2, 0) is 19.4 Å². The molecule has 0 saturated heterocycles. The van der Waals surface area contributed by atoms with E-state index >= 15 is 0 Å². The Balaban J connectivity index is 0.970. The lowest BCUT2D eigenvalue weighted by Gasteiger charge is -2.57. The average Bonchev–Trinajstić information content (AvgIpc) is 3.52. The van der Waals surface area contributed by atoms with Crippen LogP contribution in [0.4, 0.5) is 11.5 Å². The number of para-hydroxylation sites is 1. The highest BCUT2D eigenvalue weighted by Crippen LogP contribution is 2.60. The Bertz CT molecular complexity index is 2120. The molecule has 3 aromatic carbocycles. The van der Waals surface area contributed by atoms with Gasteiger partial charge < -0.3 is 14.9 Å². The molecule has 8 heteroatoms. The molecule has 7 nitrogen and oxygen atoms in total. The molecular weight excluding hydrogens is 653 g/mol. The van der Waals surface area contributed by atoms with E-state index in [0.717, 1.165) is 68.2 Å². The molecule has 0 spiro atoms. The zero-order valence-electron chi connectivity index (χ0n) is 29.4. The minimum Gasteiger partial charge on any atom is -0.476 e. The highest BCUT2D eigenvalue weighted by molar-refractivity contribution is 7.18. The molecule has 3 heterocycles. The number of rotatable bonds is 9. The lowest BCUT2D eigenvalue weighted by atomic mass is 9.49. The number of hydrogen-bond acceptors (Lipinski definition) is 7. The summed E-state index contributed by atoms with van der Waals surface area (Å²) in [5, 5.41) is 11.3. The number of anilines is 2. The first-order valence-electron chi connectivity index (χ1n) is 18.5. The molecule has 5 aromatic rings. The van der Waals surface area contributed by atoms with Crippen molar-refractivity contribution < 1.29 is 14.7 Å². The number of carboxylic acids is 1. The Morgan fingerprint density at radius 3 is 2.39 bits per heavy atom. The van der Waals surface area contributed by atoms with E-state index in [4.69, 9.17) is 9.97 Å². The van der Waals surface area contributed by atoms with Crippen molar-refractivity contribution in [2.75, 3.05) is 29.9 Å². The van der Waals surface area contributed by atoms with Crippen molar-refractivity contribution in [1.29, 1.82) is 0 Å². The number of hydrogen-bond donors (Lipinski definition) is 1. The van der Waals surface area contributed by atoms with Crippen LogP contribution in [0.5, 0.6) is 0 Å². The second-order valence-corrected chi connectivity index (χ2v) is 17.0. The second-order valence-electron chi connectivity index (χ2n) is 15.9. The van der Waals surface area contributed by atoms with Gasteiger partial charge in [0, 0.05) is 43.5 Å². The first-order valence-corrected chi connectivity index (χ1v) is 19.3. The molecule has 2 aromatic heterocycles. The molecule has 1 N–H and O–H groups in total. The Morgan fingerprint density at radius 1 is 0.902 bits per heavy atom. The standard InChI is InChI=1S/C43H44N4O3S/c1-26-31(8-6-11-36(26)46(2)25-43-21-27-17-28(22-43)19-29(18-27)23-43)33-13-14-39(45-41(33)42(49)50)47-16-15-30-7-5-9-32(34(30)24-47)37(48)20-40-44-35-10-3-4-12-38(35)51-40/h3-14,27-29H,15-25H2,1-2H3,(H,49,50). The number of Topliss-reactive ketones (excluding diaryl/α,β-unsaturated/α-hetero) is 1. The number of nitrogens with zero attached hydrogens (tertiary/aromatic N) is 4. The largest absolute Gasteiger partial charge is 0.476 e. The van der Waals surface area contributed by atoms with Crippen molar-refractivity contribution in [2.45, 2.75) is 64.8 Å². The summed E-state index contributed by atoms with van der Waals surface area (Å²) in [6.07, 6.45) is 9.39. The Kier molecular flexibility index (Phi) is 7.98. The molecule has 10 rings (SSSR count). The molecule has 1 aliphatic heterocycles. The predicted molar refractivity (Wildman–Crippen MR) is 204 cm³/mol. The quantitative estimate of drug-likeness (QED) is 0.154. The van der Waals surface area contributed by atoms with Crippen molar-refractivity contribution in [1.82, 2.24) is 9.97 Å². The fraction of sp³-hybridized carbons (Fsp3) is 0.395. The number of aromatic nitrogens is 2. The molecule has 4 fully saturated rings. The summed E-state index contributed by atoms with van der Waals surface area (Å²) >= 11 is 1.56. The Morgan fingerprint density at radius 2 is 1.65 bits per heavy atom. The van der Waals surface area contributed by atoms with E-state index in [0.29, 0.717) is 35.4 Å². The first-order chi connectivity index (χ1) is 24.7. The Hall–Kier alpha value is -4.56. The van der Waals surface area contributed by atoms with Crippen molar-refractivity contribution in [3.05, 3.63) is 106 Å². The van der Waals surface area contributed by atoms with E-state index in [1.165, 1.54) is 44.2 Å².